The molecule has 0 bridgehead atoms. The third kappa shape index (κ3) is 5.94. The van der Waals surface area contributed by atoms with E-state index in [-0.39, 0.29) is 39.3 Å². The highest BCUT2D eigenvalue weighted by Crippen LogP contribution is 2.57. The van der Waals surface area contributed by atoms with Gasteiger partial charge in [0.15, 0.2) is 0 Å². The molecule has 0 amide bonds. The molecule has 356 valence electrons. The summed E-state index contributed by atoms with van der Waals surface area (Å²) in [6.45, 7) is 34.0. The summed E-state index contributed by atoms with van der Waals surface area (Å²) in [4.78, 5) is 2.79. The average molecular weight is 963 g/mol. The summed E-state index contributed by atoms with van der Waals surface area (Å²) < 4.78 is 8.32. The van der Waals surface area contributed by atoms with E-state index in [9.17, 15) is 0 Å². The largest absolute Gasteiger partial charge is 0.376 e. The first-order chi connectivity index (χ1) is 33.4. The second-order valence-electron chi connectivity index (χ2n) is 27.1. The van der Waals surface area contributed by atoms with Crippen molar-refractivity contribution in [2.24, 2.45) is 0 Å². The Bertz CT molecular complexity index is 4020. The van der Waals surface area contributed by atoms with Crippen LogP contribution in [0, 0.1) is 0 Å². The van der Waals surface area contributed by atoms with E-state index in [4.69, 9.17) is 0 Å². The van der Waals surface area contributed by atoms with Crippen molar-refractivity contribution in [3.8, 4) is 16.8 Å². The van der Waals surface area contributed by atoms with E-state index < -0.39 is 0 Å². The van der Waals surface area contributed by atoms with E-state index in [1.54, 1.807) is 0 Å². The number of rotatable bonds is 1. The van der Waals surface area contributed by atoms with Crippen molar-refractivity contribution in [3.63, 3.8) is 0 Å². The van der Waals surface area contributed by atoms with Gasteiger partial charge in [-0.3, -0.25) is 0 Å². The van der Waals surface area contributed by atoms with E-state index in [0.29, 0.717) is 0 Å². The van der Waals surface area contributed by atoms with Gasteiger partial charge in [0.25, 0.3) is 0 Å². The fraction of sp³-hybridized carbons (Fsp3) is 0.364. The zero-order chi connectivity index (χ0) is 49.4. The number of anilines is 2. The monoisotopic (exact) mass is 962 g/mol. The highest BCUT2D eigenvalue weighted by atomic mass is 32.1. The van der Waals surface area contributed by atoms with Gasteiger partial charge >= 0.3 is 6.85 Å². The molecule has 3 aromatic heterocycles. The Morgan fingerprint density at radius 3 is 1.70 bits per heavy atom. The SMILES string of the molecule is CC(C)(C)c1ccc(N2B3c4cc(C(C)(C)C)ccc4-n4c5cc6c(cc5c5c7c(sc8ccccc87)c(c3c54)-c3cc4c(cc32)sc2cc3c(cc24)C(C)(C)CCC3(C)C)C(C)(C)CCC6(C)C)cc1. The molecule has 71 heavy (non-hydrogen) atoms. The van der Waals surface area contributed by atoms with Crippen molar-refractivity contribution < 1.29 is 0 Å². The number of fused-ring (bicyclic) bond motifs is 18. The van der Waals surface area contributed by atoms with Gasteiger partial charge in [0.2, 0.25) is 0 Å². The minimum absolute atomic E-state index is 0.0341. The van der Waals surface area contributed by atoms with Crippen molar-refractivity contribution >= 4 is 114 Å². The maximum atomic E-state index is 2.79. The molecule has 0 N–H and O–H groups in total. The summed E-state index contributed by atoms with van der Waals surface area (Å²) in [5.41, 5.74) is 21.5. The normalized spacial score (nSPS) is 18.5. The second kappa shape index (κ2) is 13.8. The van der Waals surface area contributed by atoms with E-state index in [2.05, 4.69) is 209 Å². The Hall–Kier alpha value is -5.36. The quantitative estimate of drug-likeness (QED) is 0.149. The molecule has 0 radical (unpaired) electrons. The zero-order valence-electron chi connectivity index (χ0n) is 44.4. The first kappa shape index (κ1) is 44.4. The minimum Gasteiger partial charge on any atom is -0.376 e. The molecule has 14 rings (SSSR count). The summed E-state index contributed by atoms with van der Waals surface area (Å²) in [5.74, 6) is 0. The third-order valence-electron chi connectivity index (χ3n) is 18.6. The van der Waals surface area contributed by atoms with Crippen LogP contribution in [-0.2, 0) is 32.5 Å². The number of hydrogen-bond donors (Lipinski definition) is 0. The van der Waals surface area contributed by atoms with Crippen LogP contribution in [0.4, 0.5) is 11.4 Å². The summed E-state index contributed by atoms with van der Waals surface area (Å²) >= 11 is 4.02. The van der Waals surface area contributed by atoms with Crippen LogP contribution in [0.25, 0.3) is 79.0 Å². The molecule has 10 aromatic rings. The fourth-order valence-electron chi connectivity index (χ4n) is 14.0. The van der Waals surface area contributed by atoms with Crippen molar-refractivity contribution in [2.75, 3.05) is 4.81 Å². The van der Waals surface area contributed by atoms with E-state index in [1.165, 1.54) is 160 Å². The molecule has 2 nitrogen and oxygen atoms in total. The molecule has 0 saturated heterocycles. The Kier molecular flexibility index (Phi) is 8.63. The Labute approximate surface area is 429 Å². The van der Waals surface area contributed by atoms with Gasteiger partial charge < -0.3 is 9.38 Å². The fourth-order valence-corrected chi connectivity index (χ4v) is 16.5. The van der Waals surface area contributed by atoms with Gasteiger partial charge in [0.05, 0.1) is 11.0 Å². The van der Waals surface area contributed by atoms with E-state index in [1.807, 2.05) is 22.7 Å². The molecule has 0 fully saturated rings. The standard InChI is InChI=1S/C66H67BN2S2/c1-61(2,3)36-19-22-38(23-20-36)69-51-35-54-40(41-31-44-47(34-53(41)70-54)66(13,14)28-26-63(44,7)8)30-42(51)57-58-59-55(56-39-17-15-16-18-52(39)71-60(56)57)43-32-45-46(65(11,12)27-25-64(45,9)10)33-50(43)68(59)49-24-21-37(62(4,5)6)29-48(49)67(58)69/h15-24,29-35H,25-28H2,1-14H3. The highest BCUT2D eigenvalue weighted by molar-refractivity contribution is 7.27. The minimum atomic E-state index is -0.0625. The lowest BCUT2D eigenvalue weighted by Crippen LogP contribution is -2.60. The lowest BCUT2D eigenvalue weighted by molar-refractivity contribution is 0.332. The molecule has 0 unspecified atom stereocenters. The Morgan fingerprint density at radius 1 is 0.493 bits per heavy atom. The molecule has 5 heteroatoms. The topological polar surface area (TPSA) is 8.17 Å². The molecular weight excluding hydrogens is 896 g/mol. The molecule has 2 aliphatic carbocycles. The third-order valence-corrected chi connectivity index (χ3v) is 20.9. The number of benzene rings is 7. The molecule has 0 saturated carbocycles. The van der Waals surface area contributed by atoms with Crippen molar-refractivity contribution in [2.45, 2.75) is 155 Å². The highest BCUT2D eigenvalue weighted by Gasteiger charge is 2.47. The number of aromatic nitrogens is 1. The van der Waals surface area contributed by atoms with Crippen LogP contribution in [0.15, 0.2) is 103 Å². The van der Waals surface area contributed by atoms with Crippen molar-refractivity contribution in [1.82, 2.24) is 4.57 Å². The number of nitrogens with zero attached hydrogens (tertiary/aromatic N) is 2. The molecule has 2 aliphatic heterocycles. The van der Waals surface area contributed by atoms with Gasteiger partial charge in [-0.15, -0.1) is 22.7 Å². The predicted octanol–water partition coefficient (Wildman–Crippen LogP) is 18.1. The molecule has 5 heterocycles. The maximum absolute atomic E-state index is 2.79. The second-order valence-corrected chi connectivity index (χ2v) is 29.2. The van der Waals surface area contributed by atoms with Gasteiger partial charge in [-0.25, -0.2) is 0 Å². The predicted molar refractivity (Wildman–Crippen MR) is 314 cm³/mol. The zero-order valence-corrected chi connectivity index (χ0v) is 46.1. The van der Waals surface area contributed by atoms with Crippen molar-refractivity contribution in [3.05, 3.63) is 137 Å². The summed E-state index contributed by atoms with van der Waals surface area (Å²) in [6.07, 6.45) is 4.79. The first-order valence-electron chi connectivity index (χ1n) is 26.5. The van der Waals surface area contributed by atoms with E-state index >= 15 is 0 Å². The van der Waals surface area contributed by atoms with Crippen LogP contribution in [-0.4, -0.2) is 11.4 Å². The summed E-state index contributed by atoms with van der Waals surface area (Å²) in [6, 6.07) is 42.4. The molecule has 0 spiro atoms. The number of thiophene rings is 2. The average Bonchev–Trinajstić information content (AvgIpc) is 3.99. The Morgan fingerprint density at radius 2 is 1.06 bits per heavy atom. The van der Waals surface area contributed by atoms with Crippen LogP contribution in [0.3, 0.4) is 0 Å². The van der Waals surface area contributed by atoms with Gasteiger partial charge in [-0.1, -0.05) is 139 Å². The van der Waals surface area contributed by atoms with Crippen LogP contribution in [0.2, 0.25) is 0 Å². The number of hydrogen-bond acceptors (Lipinski definition) is 3. The summed E-state index contributed by atoms with van der Waals surface area (Å²) in [5, 5.41) is 8.41. The molecule has 0 atom stereocenters. The lowest BCUT2D eigenvalue weighted by atomic mass is 9.43. The van der Waals surface area contributed by atoms with Crippen LogP contribution >= 0.6 is 22.7 Å². The molecule has 7 aromatic carbocycles. The van der Waals surface area contributed by atoms with Gasteiger partial charge in [0, 0.05) is 79.3 Å². The van der Waals surface area contributed by atoms with Gasteiger partial charge in [-0.05, 0) is 163 Å². The first-order valence-corrected chi connectivity index (χ1v) is 28.2. The van der Waals surface area contributed by atoms with Gasteiger partial charge in [-0.2, -0.15) is 0 Å². The van der Waals surface area contributed by atoms with Crippen molar-refractivity contribution in [1.29, 1.82) is 0 Å². The van der Waals surface area contributed by atoms with Crippen LogP contribution < -0.4 is 15.7 Å². The Balaban J connectivity index is 1.21. The van der Waals surface area contributed by atoms with E-state index in [0.717, 1.165) is 0 Å². The smallest absolute Gasteiger partial charge is 0.333 e. The lowest BCUT2D eigenvalue weighted by Gasteiger charge is -2.43. The van der Waals surface area contributed by atoms with Crippen LogP contribution in [0.1, 0.15) is 156 Å². The molecular formula is C66H67BN2S2. The molecule has 4 aliphatic rings. The summed E-state index contributed by atoms with van der Waals surface area (Å²) in [7, 11) is 0. The maximum Gasteiger partial charge on any atom is 0.333 e. The van der Waals surface area contributed by atoms with Crippen LogP contribution in [0.5, 0.6) is 0 Å². The van der Waals surface area contributed by atoms with Gasteiger partial charge in [0.1, 0.15) is 0 Å².